The van der Waals surface area contributed by atoms with Crippen molar-refractivity contribution in [2.45, 2.75) is 36.3 Å². The molecule has 0 spiro atoms. The van der Waals surface area contributed by atoms with E-state index in [0.29, 0.717) is 6.42 Å². The van der Waals surface area contributed by atoms with Crippen molar-refractivity contribution in [3.8, 4) is 0 Å². The van der Waals surface area contributed by atoms with Gasteiger partial charge >= 0.3 is 0 Å². The lowest BCUT2D eigenvalue weighted by atomic mass is 10.3. The van der Waals surface area contributed by atoms with Crippen LogP contribution in [-0.2, 0) is 0 Å². The Balaban J connectivity index is 2.56. The molecule has 1 aromatic rings. The zero-order valence-corrected chi connectivity index (χ0v) is 9.09. The quantitative estimate of drug-likeness (QED) is 0.723. The Morgan fingerprint density at radius 1 is 1.62 bits per heavy atom. The monoisotopic (exact) mass is 223 g/mol. The molecule has 1 rings (SSSR count). The molecule has 0 aromatic carbocycles. The first-order valence-electron chi connectivity index (χ1n) is 4.00. The van der Waals surface area contributed by atoms with Crippen molar-refractivity contribution in [2.24, 2.45) is 0 Å². The molecule has 0 N–H and O–H groups in total. The van der Waals surface area contributed by atoms with Crippen molar-refractivity contribution < 1.29 is 8.78 Å². The normalized spacial score (nSPS) is 13.6. The lowest BCUT2D eigenvalue weighted by Gasteiger charge is -2.10. The molecule has 1 aromatic heterocycles. The minimum atomic E-state index is -2.26. The fourth-order valence-electron chi connectivity index (χ4n) is 0.831. The summed E-state index contributed by atoms with van der Waals surface area (Å²) in [6, 6.07) is 0. The molecule has 0 saturated carbocycles. The van der Waals surface area contributed by atoms with Gasteiger partial charge in [-0.3, -0.25) is 0 Å². The van der Waals surface area contributed by atoms with E-state index in [-0.39, 0.29) is 0 Å². The van der Waals surface area contributed by atoms with Crippen molar-refractivity contribution in [1.29, 1.82) is 0 Å². The van der Waals surface area contributed by atoms with Crippen LogP contribution in [0.4, 0.5) is 8.78 Å². The number of hydrogen-bond donors (Lipinski definition) is 0. The fourth-order valence-corrected chi connectivity index (χ4v) is 2.92. The molecule has 5 heteroatoms. The van der Waals surface area contributed by atoms with Crippen molar-refractivity contribution >= 4 is 23.1 Å². The van der Waals surface area contributed by atoms with Gasteiger partial charge in [0.05, 0.1) is 5.25 Å². The Morgan fingerprint density at radius 2 is 2.31 bits per heavy atom. The highest BCUT2D eigenvalue weighted by Gasteiger charge is 2.20. The smallest absolute Gasteiger partial charge is 0.238 e. The molecule has 0 radical (unpaired) electrons. The topological polar surface area (TPSA) is 12.9 Å². The van der Waals surface area contributed by atoms with E-state index in [9.17, 15) is 8.78 Å². The van der Waals surface area contributed by atoms with E-state index in [4.69, 9.17) is 0 Å². The van der Waals surface area contributed by atoms with Crippen molar-refractivity contribution in [2.75, 3.05) is 0 Å². The van der Waals surface area contributed by atoms with Gasteiger partial charge in [0.1, 0.15) is 0 Å². The highest BCUT2D eigenvalue weighted by Crippen LogP contribution is 2.32. The largest absolute Gasteiger partial charge is 0.250 e. The maximum Gasteiger partial charge on any atom is 0.250 e. The lowest BCUT2D eigenvalue weighted by molar-refractivity contribution is 0.143. The van der Waals surface area contributed by atoms with Gasteiger partial charge in [-0.15, -0.1) is 11.3 Å². The minimum Gasteiger partial charge on any atom is -0.238 e. The third-order valence-corrected chi connectivity index (χ3v) is 3.93. The zero-order valence-electron chi connectivity index (χ0n) is 7.46. The third-order valence-electron chi connectivity index (χ3n) is 1.54. The second kappa shape index (κ2) is 4.91. The van der Waals surface area contributed by atoms with Gasteiger partial charge in [0.2, 0.25) is 0 Å². The average molecular weight is 223 g/mol. The summed E-state index contributed by atoms with van der Waals surface area (Å²) in [6.45, 7) is 3.69. The molecule has 0 aliphatic carbocycles. The maximum atomic E-state index is 12.3. The van der Waals surface area contributed by atoms with Gasteiger partial charge in [-0.1, -0.05) is 18.7 Å². The molecule has 0 bridgehead atoms. The highest BCUT2D eigenvalue weighted by atomic mass is 32.2. The SMILES string of the molecule is CCC(Sc1ncc(C)s1)C(F)F. The zero-order chi connectivity index (χ0) is 9.84. The van der Waals surface area contributed by atoms with Gasteiger partial charge < -0.3 is 0 Å². The maximum absolute atomic E-state index is 12.3. The molecule has 0 fully saturated rings. The number of aryl methyl sites for hydroxylation is 1. The number of alkyl halides is 2. The van der Waals surface area contributed by atoms with Crippen LogP contribution in [0, 0.1) is 6.92 Å². The summed E-state index contributed by atoms with van der Waals surface area (Å²) >= 11 is 2.64. The number of nitrogens with zero attached hydrogens (tertiary/aromatic N) is 1. The standard InChI is InChI=1S/C8H11F2NS2/c1-3-6(7(9)10)13-8-11-4-5(2)12-8/h4,6-7H,3H2,1-2H3. The Morgan fingerprint density at radius 3 is 2.69 bits per heavy atom. The third kappa shape index (κ3) is 3.23. The molecule has 1 nitrogen and oxygen atoms in total. The summed E-state index contributed by atoms with van der Waals surface area (Å²) in [4.78, 5) is 5.10. The Labute approximate surface area is 84.6 Å². The number of rotatable bonds is 4. The second-order valence-electron chi connectivity index (χ2n) is 2.64. The molecular weight excluding hydrogens is 212 g/mol. The van der Waals surface area contributed by atoms with Gasteiger partial charge in [-0.25, -0.2) is 13.8 Å². The Bertz CT molecular complexity index is 262. The molecule has 1 atom stereocenters. The van der Waals surface area contributed by atoms with E-state index in [0.717, 1.165) is 9.22 Å². The van der Waals surface area contributed by atoms with Gasteiger partial charge in [-0.2, -0.15) is 0 Å². The lowest BCUT2D eigenvalue weighted by Crippen LogP contribution is -2.11. The summed E-state index contributed by atoms with van der Waals surface area (Å²) in [7, 11) is 0. The van der Waals surface area contributed by atoms with Crippen LogP contribution in [0.5, 0.6) is 0 Å². The Hall–Kier alpha value is -0.160. The number of halogens is 2. The van der Waals surface area contributed by atoms with E-state index in [1.54, 1.807) is 13.1 Å². The summed E-state index contributed by atoms with van der Waals surface area (Å²) < 4.78 is 25.4. The summed E-state index contributed by atoms with van der Waals surface area (Å²) in [6.07, 6.45) is -0.0780. The van der Waals surface area contributed by atoms with Crippen LogP contribution < -0.4 is 0 Å². The van der Waals surface area contributed by atoms with Crippen molar-refractivity contribution in [3.63, 3.8) is 0 Å². The van der Waals surface area contributed by atoms with E-state index < -0.39 is 11.7 Å². The van der Waals surface area contributed by atoms with Crippen molar-refractivity contribution in [3.05, 3.63) is 11.1 Å². The first-order valence-corrected chi connectivity index (χ1v) is 5.70. The number of thiazole rings is 1. The van der Waals surface area contributed by atoms with Crippen LogP contribution in [0.3, 0.4) is 0 Å². The minimum absolute atomic E-state index is 0.473. The van der Waals surface area contributed by atoms with E-state index in [1.165, 1.54) is 23.1 Å². The summed E-state index contributed by atoms with van der Waals surface area (Å²) in [5.74, 6) is 0. The molecule has 1 unspecified atom stereocenters. The summed E-state index contributed by atoms with van der Waals surface area (Å²) in [5, 5.41) is -0.620. The van der Waals surface area contributed by atoms with Crippen LogP contribution >= 0.6 is 23.1 Å². The van der Waals surface area contributed by atoms with Crippen LogP contribution in [0.15, 0.2) is 10.5 Å². The van der Waals surface area contributed by atoms with Crippen LogP contribution in [0.25, 0.3) is 0 Å². The molecule has 0 aliphatic rings. The summed E-state index contributed by atoms with van der Waals surface area (Å²) in [5.41, 5.74) is 0. The predicted octanol–water partition coefficient (Wildman–Crippen LogP) is 3.59. The molecule has 74 valence electrons. The molecule has 0 saturated heterocycles. The second-order valence-corrected chi connectivity index (χ2v) is 5.36. The average Bonchev–Trinajstić information content (AvgIpc) is 2.46. The fraction of sp³-hybridized carbons (Fsp3) is 0.625. The highest BCUT2D eigenvalue weighted by molar-refractivity contribution is 8.01. The predicted molar refractivity (Wildman–Crippen MR) is 52.8 cm³/mol. The van der Waals surface area contributed by atoms with E-state index >= 15 is 0 Å². The van der Waals surface area contributed by atoms with Gasteiger partial charge in [-0.05, 0) is 13.3 Å². The molecular formula is C8H11F2NS2. The van der Waals surface area contributed by atoms with Gasteiger partial charge in [0.15, 0.2) is 4.34 Å². The Kier molecular flexibility index (Phi) is 4.12. The molecule has 13 heavy (non-hydrogen) atoms. The van der Waals surface area contributed by atoms with Crippen LogP contribution in [0.1, 0.15) is 18.2 Å². The number of thioether (sulfide) groups is 1. The van der Waals surface area contributed by atoms with Crippen LogP contribution in [0.2, 0.25) is 0 Å². The number of aromatic nitrogens is 1. The van der Waals surface area contributed by atoms with Gasteiger partial charge in [0, 0.05) is 11.1 Å². The first kappa shape index (κ1) is 10.9. The van der Waals surface area contributed by atoms with E-state index in [2.05, 4.69) is 4.98 Å². The molecule has 0 amide bonds. The first-order chi connectivity index (χ1) is 6.13. The van der Waals surface area contributed by atoms with Crippen LogP contribution in [-0.4, -0.2) is 16.7 Å². The van der Waals surface area contributed by atoms with Gasteiger partial charge in [0.25, 0.3) is 6.43 Å². The molecule has 1 heterocycles. The van der Waals surface area contributed by atoms with Crippen molar-refractivity contribution in [1.82, 2.24) is 4.98 Å². The molecule has 0 aliphatic heterocycles. The number of hydrogen-bond acceptors (Lipinski definition) is 3. The van der Waals surface area contributed by atoms with E-state index in [1.807, 2.05) is 6.92 Å².